The lowest BCUT2D eigenvalue weighted by molar-refractivity contribution is -0.120. The van der Waals surface area contributed by atoms with E-state index in [4.69, 9.17) is 0 Å². The van der Waals surface area contributed by atoms with Crippen molar-refractivity contribution in [3.8, 4) is 0 Å². The average molecular weight is 640 g/mol. The Morgan fingerprint density at radius 1 is 0.457 bits per heavy atom. The number of amides is 2. The van der Waals surface area contributed by atoms with Gasteiger partial charge in [0, 0.05) is 12.0 Å². The van der Waals surface area contributed by atoms with E-state index in [1.807, 2.05) is 18.2 Å². The van der Waals surface area contributed by atoms with Gasteiger partial charge in [0.05, 0.1) is 0 Å². The van der Waals surface area contributed by atoms with Gasteiger partial charge in [-0.25, -0.2) is 0 Å². The zero-order chi connectivity index (χ0) is 33.2. The van der Waals surface area contributed by atoms with Crippen molar-refractivity contribution in [3.63, 3.8) is 0 Å². The SMILES string of the molecule is CCCCCCCCCCCCCCCCCCc1cccc(C(=O)NC(=O)CCCCCCCCCCCCCCCCC)c1. The highest BCUT2D eigenvalue weighted by molar-refractivity contribution is 6.04. The minimum atomic E-state index is -0.250. The number of carbonyl (C=O) groups excluding carboxylic acids is 2. The van der Waals surface area contributed by atoms with Crippen LogP contribution in [0.1, 0.15) is 235 Å². The second-order valence-electron chi connectivity index (χ2n) is 14.3. The van der Waals surface area contributed by atoms with E-state index in [0.717, 1.165) is 19.3 Å². The van der Waals surface area contributed by atoms with E-state index in [2.05, 4.69) is 25.2 Å². The molecule has 0 unspecified atom stereocenters. The van der Waals surface area contributed by atoms with Crippen LogP contribution in [0.2, 0.25) is 0 Å². The second kappa shape index (κ2) is 33.3. The fourth-order valence-corrected chi connectivity index (χ4v) is 6.66. The lowest BCUT2D eigenvalue weighted by atomic mass is 10.0. The summed E-state index contributed by atoms with van der Waals surface area (Å²) < 4.78 is 0. The third kappa shape index (κ3) is 27.5. The summed E-state index contributed by atoms with van der Waals surface area (Å²) >= 11 is 0. The minimum Gasteiger partial charge on any atom is -0.292 e. The molecule has 0 spiro atoms. The molecule has 3 nitrogen and oxygen atoms in total. The van der Waals surface area contributed by atoms with Crippen molar-refractivity contribution in [2.24, 2.45) is 0 Å². The summed E-state index contributed by atoms with van der Waals surface area (Å²) in [5.41, 5.74) is 1.81. The normalized spacial score (nSPS) is 11.3. The molecular formula is C43H77NO2. The van der Waals surface area contributed by atoms with E-state index in [1.54, 1.807) is 0 Å². The van der Waals surface area contributed by atoms with Crippen LogP contribution in [-0.4, -0.2) is 11.8 Å². The maximum atomic E-state index is 12.7. The summed E-state index contributed by atoms with van der Waals surface area (Å²) in [5.74, 6) is -0.386. The Morgan fingerprint density at radius 3 is 1.20 bits per heavy atom. The third-order valence-corrected chi connectivity index (χ3v) is 9.77. The molecule has 1 N–H and O–H groups in total. The molecule has 0 aromatic heterocycles. The van der Waals surface area contributed by atoms with Crippen LogP contribution in [0.4, 0.5) is 0 Å². The van der Waals surface area contributed by atoms with Crippen LogP contribution < -0.4 is 5.32 Å². The topological polar surface area (TPSA) is 46.2 Å². The van der Waals surface area contributed by atoms with E-state index < -0.39 is 0 Å². The van der Waals surface area contributed by atoms with Crippen LogP contribution in [0.5, 0.6) is 0 Å². The molecule has 1 aromatic rings. The largest absolute Gasteiger partial charge is 0.292 e. The smallest absolute Gasteiger partial charge is 0.257 e. The summed E-state index contributed by atoms with van der Waals surface area (Å²) in [4.78, 5) is 25.0. The summed E-state index contributed by atoms with van der Waals surface area (Å²) in [6.07, 6.45) is 43.2. The lowest BCUT2D eigenvalue weighted by Crippen LogP contribution is -2.30. The predicted molar refractivity (Wildman–Crippen MR) is 202 cm³/mol. The Kier molecular flexibility index (Phi) is 30.7. The van der Waals surface area contributed by atoms with Gasteiger partial charge in [0.15, 0.2) is 0 Å². The van der Waals surface area contributed by atoms with Crippen LogP contribution in [-0.2, 0) is 11.2 Å². The first kappa shape index (κ1) is 42.4. The van der Waals surface area contributed by atoms with Crippen molar-refractivity contribution in [2.75, 3.05) is 0 Å². The van der Waals surface area contributed by atoms with E-state index in [1.165, 1.54) is 192 Å². The highest BCUT2D eigenvalue weighted by Gasteiger charge is 2.11. The molecule has 0 aliphatic rings. The first-order chi connectivity index (χ1) is 22.7. The molecule has 0 saturated heterocycles. The lowest BCUT2D eigenvalue weighted by Gasteiger charge is -2.07. The van der Waals surface area contributed by atoms with Crippen molar-refractivity contribution >= 4 is 11.8 Å². The van der Waals surface area contributed by atoms with Gasteiger partial charge in [-0.1, -0.05) is 212 Å². The van der Waals surface area contributed by atoms with Gasteiger partial charge in [-0.05, 0) is 37.0 Å². The van der Waals surface area contributed by atoms with Crippen molar-refractivity contribution in [1.82, 2.24) is 5.32 Å². The molecular weight excluding hydrogens is 562 g/mol. The number of unbranched alkanes of at least 4 members (excludes halogenated alkanes) is 29. The van der Waals surface area contributed by atoms with Gasteiger partial charge in [-0.3, -0.25) is 14.9 Å². The zero-order valence-electron chi connectivity index (χ0n) is 31.0. The fourth-order valence-electron chi connectivity index (χ4n) is 6.66. The molecule has 0 bridgehead atoms. The molecule has 3 heteroatoms. The van der Waals surface area contributed by atoms with E-state index in [-0.39, 0.29) is 11.8 Å². The average Bonchev–Trinajstić information content (AvgIpc) is 3.06. The molecule has 1 aromatic carbocycles. The number of hydrogen-bond donors (Lipinski definition) is 1. The molecule has 2 amide bonds. The Bertz CT molecular complexity index is 819. The monoisotopic (exact) mass is 640 g/mol. The second-order valence-corrected chi connectivity index (χ2v) is 14.3. The van der Waals surface area contributed by atoms with Crippen molar-refractivity contribution in [1.29, 1.82) is 0 Å². The quantitative estimate of drug-likeness (QED) is 0.0763. The summed E-state index contributed by atoms with van der Waals surface area (Å²) in [5, 5.41) is 2.62. The number of carbonyl (C=O) groups is 2. The zero-order valence-corrected chi connectivity index (χ0v) is 31.0. The highest BCUT2D eigenvalue weighted by atomic mass is 16.2. The first-order valence-electron chi connectivity index (χ1n) is 20.6. The molecule has 0 aliphatic carbocycles. The molecule has 0 aliphatic heterocycles. The van der Waals surface area contributed by atoms with E-state index in [9.17, 15) is 9.59 Å². The van der Waals surface area contributed by atoms with Crippen molar-refractivity contribution in [3.05, 3.63) is 35.4 Å². The van der Waals surface area contributed by atoms with Crippen LogP contribution in [0.15, 0.2) is 24.3 Å². The molecule has 0 fully saturated rings. The number of aryl methyl sites for hydroxylation is 1. The number of imide groups is 1. The minimum absolute atomic E-state index is 0.136. The van der Waals surface area contributed by atoms with Crippen LogP contribution >= 0.6 is 0 Å². The van der Waals surface area contributed by atoms with Gasteiger partial charge in [0.25, 0.3) is 5.91 Å². The number of rotatable bonds is 34. The molecule has 1 rings (SSSR count). The number of nitrogens with one attached hydrogen (secondary N) is 1. The highest BCUT2D eigenvalue weighted by Crippen LogP contribution is 2.16. The number of benzene rings is 1. The Morgan fingerprint density at radius 2 is 0.804 bits per heavy atom. The molecule has 0 heterocycles. The van der Waals surface area contributed by atoms with Crippen LogP contribution in [0.25, 0.3) is 0 Å². The molecule has 0 radical (unpaired) electrons. The van der Waals surface area contributed by atoms with Gasteiger partial charge >= 0.3 is 0 Å². The van der Waals surface area contributed by atoms with Crippen molar-refractivity contribution < 1.29 is 9.59 Å². The summed E-state index contributed by atoms with van der Waals surface area (Å²) in [7, 11) is 0. The molecule has 266 valence electrons. The number of hydrogen-bond acceptors (Lipinski definition) is 2. The van der Waals surface area contributed by atoms with Crippen LogP contribution in [0.3, 0.4) is 0 Å². The van der Waals surface area contributed by atoms with Gasteiger partial charge in [0.1, 0.15) is 0 Å². The van der Waals surface area contributed by atoms with Gasteiger partial charge in [0.2, 0.25) is 5.91 Å². The van der Waals surface area contributed by atoms with E-state index in [0.29, 0.717) is 12.0 Å². The Labute approximate surface area is 287 Å². The molecule has 0 saturated carbocycles. The van der Waals surface area contributed by atoms with Gasteiger partial charge in [-0.15, -0.1) is 0 Å². The Balaban J connectivity index is 1.96. The molecule has 46 heavy (non-hydrogen) atoms. The summed E-state index contributed by atoms with van der Waals surface area (Å²) in [6.45, 7) is 4.57. The van der Waals surface area contributed by atoms with Crippen molar-refractivity contribution in [2.45, 2.75) is 226 Å². The summed E-state index contributed by atoms with van der Waals surface area (Å²) in [6, 6.07) is 7.87. The van der Waals surface area contributed by atoms with Gasteiger partial charge in [-0.2, -0.15) is 0 Å². The first-order valence-corrected chi connectivity index (χ1v) is 20.6. The fraction of sp³-hybridized carbons (Fsp3) is 0.814. The standard InChI is InChI=1S/C43H77NO2/c1-3-5-7-9-11-13-15-17-19-21-22-24-26-28-30-32-35-40-36-34-37-41(39-40)43(46)44-42(45)38-33-31-29-27-25-23-20-18-16-14-12-10-8-6-4-2/h34,36-37,39H,3-33,35,38H2,1-2H3,(H,44,45,46). The van der Waals surface area contributed by atoms with Crippen LogP contribution in [0, 0.1) is 0 Å². The maximum absolute atomic E-state index is 12.7. The van der Waals surface area contributed by atoms with Gasteiger partial charge < -0.3 is 0 Å². The molecule has 0 atom stereocenters. The Hall–Kier alpha value is -1.64. The third-order valence-electron chi connectivity index (χ3n) is 9.77. The van der Waals surface area contributed by atoms with E-state index >= 15 is 0 Å². The maximum Gasteiger partial charge on any atom is 0.257 e. The predicted octanol–water partition coefficient (Wildman–Crippen LogP) is 14.0.